The number of aromatic nitrogens is 1. The molecule has 0 spiro atoms. The number of amides is 3. The number of carbonyl (C=O) groups is 3. The average molecular weight is 554 g/mol. The highest BCUT2D eigenvalue weighted by molar-refractivity contribution is 7.10. The fourth-order valence-corrected chi connectivity index (χ4v) is 5.45. The van der Waals surface area contributed by atoms with E-state index in [9.17, 15) is 27.6 Å². The van der Waals surface area contributed by atoms with Crippen LogP contribution in [-0.2, 0) is 15.7 Å². The Bertz CT molecular complexity index is 1290. The smallest absolute Gasteiger partial charge is 0.395 e. The van der Waals surface area contributed by atoms with Gasteiger partial charge in [0.05, 0.1) is 17.4 Å². The summed E-state index contributed by atoms with van der Waals surface area (Å²) in [5, 5.41) is 4.44. The Balaban J connectivity index is 1.81. The van der Waals surface area contributed by atoms with Crippen LogP contribution in [0.4, 0.5) is 24.5 Å². The molecule has 1 aliphatic rings. The summed E-state index contributed by atoms with van der Waals surface area (Å²) in [6, 6.07) is 5.96. The van der Waals surface area contributed by atoms with Gasteiger partial charge in [-0.15, -0.1) is 11.3 Å². The topological polar surface area (TPSA) is 141 Å². The molecule has 0 unspecified atom stereocenters. The maximum absolute atomic E-state index is 13.8. The van der Waals surface area contributed by atoms with Gasteiger partial charge in [-0.1, -0.05) is 12.1 Å². The van der Waals surface area contributed by atoms with Gasteiger partial charge in [-0.05, 0) is 54.0 Å². The second-order valence-corrected chi connectivity index (χ2v) is 9.91. The van der Waals surface area contributed by atoms with Gasteiger partial charge in [-0.25, -0.2) is 0 Å². The highest BCUT2D eigenvalue weighted by Gasteiger charge is 2.38. The lowest BCUT2D eigenvalue weighted by molar-refractivity contribution is -0.137. The Hall–Kier alpha value is -3.49. The van der Waals surface area contributed by atoms with Gasteiger partial charge in [0.1, 0.15) is 4.88 Å². The van der Waals surface area contributed by atoms with E-state index in [1.807, 2.05) is 0 Å². The molecule has 2 atom stereocenters. The molecule has 3 amide bonds. The van der Waals surface area contributed by atoms with Gasteiger partial charge in [0.2, 0.25) is 5.91 Å². The minimum Gasteiger partial charge on any atom is -0.395 e. The van der Waals surface area contributed by atoms with Crippen molar-refractivity contribution in [2.75, 3.05) is 23.8 Å². The number of rotatable bonds is 8. The average Bonchev–Trinajstić information content (AvgIpc) is 3.62. The number of anilines is 2. The lowest BCUT2D eigenvalue weighted by Gasteiger charge is -2.31. The summed E-state index contributed by atoms with van der Waals surface area (Å²) in [6.07, 6.45) is -3.32. The van der Waals surface area contributed by atoms with Crippen LogP contribution in [0.2, 0.25) is 0 Å². The van der Waals surface area contributed by atoms with Gasteiger partial charge in [0.15, 0.2) is 11.7 Å². The van der Waals surface area contributed by atoms with Crippen molar-refractivity contribution in [3.05, 3.63) is 62.8 Å². The Kier molecular flexibility index (Phi) is 7.80. The van der Waals surface area contributed by atoms with Crippen molar-refractivity contribution in [2.45, 2.75) is 31.2 Å². The molecule has 0 aliphatic carbocycles. The number of nitrogens with two attached hydrogens (primary N) is 2. The van der Waals surface area contributed by atoms with Crippen LogP contribution in [0.15, 0.2) is 41.8 Å². The molecule has 5 N–H and O–H groups in total. The van der Waals surface area contributed by atoms with Gasteiger partial charge in [0.25, 0.3) is 11.8 Å². The molecule has 4 rings (SSSR count). The van der Waals surface area contributed by atoms with Crippen LogP contribution in [0.25, 0.3) is 0 Å². The van der Waals surface area contributed by atoms with E-state index in [1.54, 1.807) is 17.5 Å². The molecule has 3 aromatic rings. The number of alkyl halides is 3. The number of thiophene rings is 1. The van der Waals surface area contributed by atoms with E-state index in [1.165, 1.54) is 6.07 Å². The molecule has 0 radical (unpaired) electrons. The van der Waals surface area contributed by atoms with E-state index in [4.69, 9.17) is 16.2 Å². The lowest BCUT2D eigenvalue weighted by Crippen LogP contribution is -2.45. The van der Waals surface area contributed by atoms with Crippen molar-refractivity contribution < 1.29 is 32.3 Å². The van der Waals surface area contributed by atoms with Crippen LogP contribution < -0.4 is 21.7 Å². The zero-order valence-corrected chi connectivity index (χ0v) is 20.8. The maximum Gasteiger partial charge on any atom is 0.416 e. The number of nitrogens with one attached hydrogen (secondary N) is 1. The van der Waals surface area contributed by atoms with E-state index in [0.29, 0.717) is 23.0 Å². The first-order valence-corrected chi connectivity index (χ1v) is 12.7. The monoisotopic (exact) mass is 553 g/mol. The first-order valence-electron chi connectivity index (χ1n) is 11.1. The van der Waals surface area contributed by atoms with Crippen molar-refractivity contribution in [1.29, 1.82) is 0 Å². The molecule has 2 aromatic heterocycles. The van der Waals surface area contributed by atoms with E-state index in [0.717, 1.165) is 47.3 Å². The van der Waals surface area contributed by atoms with E-state index in [-0.39, 0.29) is 34.6 Å². The number of hydrogen-bond donors (Lipinski definition) is 3. The number of ether oxygens (including phenoxy) is 1. The maximum atomic E-state index is 13.8. The Morgan fingerprint density at radius 3 is 2.62 bits per heavy atom. The van der Waals surface area contributed by atoms with Crippen LogP contribution in [0, 0.1) is 0 Å². The molecule has 0 bridgehead atoms. The van der Waals surface area contributed by atoms with Crippen molar-refractivity contribution in [1.82, 2.24) is 9.69 Å². The van der Waals surface area contributed by atoms with E-state index < -0.39 is 35.5 Å². The third kappa shape index (κ3) is 5.76. The number of nitrogens with zero attached hydrogens (tertiary/aromatic N) is 2. The number of halogens is 3. The largest absolute Gasteiger partial charge is 0.416 e. The van der Waals surface area contributed by atoms with Gasteiger partial charge in [-0.3, -0.25) is 19.3 Å². The predicted molar refractivity (Wildman–Crippen MR) is 132 cm³/mol. The van der Waals surface area contributed by atoms with Crippen LogP contribution in [-0.4, -0.2) is 41.4 Å². The van der Waals surface area contributed by atoms with Crippen LogP contribution in [0.1, 0.15) is 49.5 Å². The van der Waals surface area contributed by atoms with Gasteiger partial charge in [0, 0.05) is 23.7 Å². The Morgan fingerprint density at radius 1 is 1.24 bits per heavy atom. The SMILES string of the molecule is NC(=O)c1nsc(C(=O)N(c2cccc(C(F)(F)F)c2)[C@H](C(=O)NC[C@H]2CCCO2)c2cccs2)c1N. The molecule has 196 valence electrons. The molecule has 1 aromatic carbocycles. The quantitative estimate of drug-likeness (QED) is 0.389. The second kappa shape index (κ2) is 10.9. The first kappa shape index (κ1) is 26.6. The lowest BCUT2D eigenvalue weighted by atomic mass is 10.1. The van der Waals surface area contributed by atoms with Crippen LogP contribution >= 0.6 is 22.9 Å². The summed E-state index contributed by atoms with van der Waals surface area (Å²) >= 11 is 1.72. The standard InChI is InChI=1S/C23H22F3N5O4S2/c24-23(25,26)12-4-1-5-13(10-12)31(22(34)19-16(27)17(20(28)32)30-37-19)18(15-7-3-9-36-15)21(33)29-11-14-6-2-8-35-14/h1,3-5,7,9-10,14,18H,2,6,8,11,27H2,(H2,28,32)(H,29,33)/t14-,18+/m1/s1. The van der Waals surface area contributed by atoms with Crippen molar-refractivity contribution in [2.24, 2.45) is 5.73 Å². The third-order valence-electron chi connectivity index (χ3n) is 5.67. The minimum absolute atomic E-state index is 0.167. The van der Waals surface area contributed by atoms with Gasteiger partial charge >= 0.3 is 6.18 Å². The summed E-state index contributed by atoms with van der Waals surface area (Å²) in [5.74, 6) is -2.50. The van der Waals surface area contributed by atoms with E-state index in [2.05, 4.69) is 9.69 Å². The number of carbonyl (C=O) groups excluding carboxylic acids is 3. The Morgan fingerprint density at radius 2 is 2.03 bits per heavy atom. The minimum atomic E-state index is -4.70. The molecule has 1 fully saturated rings. The van der Waals surface area contributed by atoms with Gasteiger partial charge in [-0.2, -0.15) is 17.5 Å². The molecular weight excluding hydrogens is 531 g/mol. The van der Waals surface area contributed by atoms with Gasteiger partial charge < -0.3 is 21.5 Å². The first-order chi connectivity index (χ1) is 17.6. The molecule has 14 heteroatoms. The molecule has 3 heterocycles. The second-order valence-electron chi connectivity index (χ2n) is 8.16. The number of hydrogen-bond acceptors (Lipinski definition) is 8. The number of benzene rings is 1. The molecule has 9 nitrogen and oxygen atoms in total. The number of nitrogen functional groups attached to an aromatic ring is 1. The summed E-state index contributed by atoms with van der Waals surface area (Å²) in [6.45, 7) is 0.733. The molecular formula is C23H22F3N5O4S2. The highest BCUT2D eigenvalue weighted by atomic mass is 32.1. The Labute approximate surface area is 217 Å². The fraction of sp³-hybridized carbons (Fsp3) is 0.304. The third-order valence-corrected chi connectivity index (χ3v) is 7.45. The summed E-state index contributed by atoms with van der Waals surface area (Å²) in [5.41, 5.74) is 9.37. The van der Waals surface area contributed by atoms with Crippen molar-refractivity contribution in [3.63, 3.8) is 0 Å². The molecule has 37 heavy (non-hydrogen) atoms. The van der Waals surface area contributed by atoms with Crippen molar-refractivity contribution >= 4 is 52.0 Å². The highest BCUT2D eigenvalue weighted by Crippen LogP contribution is 2.37. The normalized spacial score (nSPS) is 16.4. The van der Waals surface area contributed by atoms with Crippen LogP contribution in [0.5, 0.6) is 0 Å². The molecule has 1 aliphatic heterocycles. The van der Waals surface area contributed by atoms with Crippen molar-refractivity contribution in [3.8, 4) is 0 Å². The summed E-state index contributed by atoms with van der Waals surface area (Å²) in [7, 11) is 0. The summed E-state index contributed by atoms with van der Waals surface area (Å²) < 4.78 is 50.1. The molecule has 0 saturated carbocycles. The zero-order chi connectivity index (χ0) is 26.7. The zero-order valence-electron chi connectivity index (χ0n) is 19.2. The molecule has 1 saturated heterocycles. The fourth-order valence-electron chi connectivity index (χ4n) is 3.89. The van der Waals surface area contributed by atoms with E-state index >= 15 is 0 Å². The number of primary amides is 1. The van der Waals surface area contributed by atoms with Crippen LogP contribution in [0.3, 0.4) is 0 Å². The summed E-state index contributed by atoms with van der Waals surface area (Å²) in [4.78, 5) is 40.1. The predicted octanol–water partition coefficient (Wildman–Crippen LogP) is 3.59.